The molecule has 0 saturated heterocycles. The van der Waals surface area contributed by atoms with E-state index in [-0.39, 0.29) is 70.6 Å². The molecule has 16 heteroatoms. The van der Waals surface area contributed by atoms with Crippen molar-refractivity contribution in [2.45, 2.75) is 169 Å². The van der Waals surface area contributed by atoms with Crippen LogP contribution in [0.4, 0.5) is 0 Å². The van der Waals surface area contributed by atoms with E-state index >= 15 is 9.59 Å². The summed E-state index contributed by atoms with van der Waals surface area (Å²) in [5, 5.41) is 32.8. The topological polar surface area (TPSA) is 147 Å². The fourth-order valence-corrected chi connectivity index (χ4v) is 20.4. The quantitative estimate of drug-likeness (QED) is 0.0218. The highest BCUT2D eigenvalue weighted by Gasteiger charge is 2.54. The maximum atomic E-state index is 15.2. The summed E-state index contributed by atoms with van der Waals surface area (Å²) in [4.78, 5) is 37.3. The Kier molecular flexibility index (Phi) is 26.5. The lowest BCUT2D eigenvalue weighted by Gasteiger charge is -2.35. The highest BCUT2D eigenvalue weighted by Crippen LogP contribution is 2.66. The average molecular weight is 1630 g/mol. The molecule has 4 unspecified atom stereocenters. The Morgan fingerprint density at radius 1 is 0.412 bits per heavy atom. The Morgan fingerprint density at radius 3 is 0.991 bits per heavy atom. The molecule has 4 aliphatic carbocycles. The van der Waals surface area contributed by atoms with Crippen molar-refractivity contribution < 1.29 is 28.5 Å². The number of ether oxygens (including phenoxy) is 4. The summed E-state index contributed by atoms with van der Waals surface area (Å²) in [7, 11) is 0. The first-order chi connectivity index (χ1) is 55.4. The van der Waals surface area contributed by atoms with Crippen molar-refractivity contribution in [3.63, 3.8) is 0 Å². The van der Waals surface area contributed by atoms with E-state index in [4.69, 9.17) is 71.9 Å². The van der Waals surface area contributed by atoms with Crippen LogP contribution >= 0.6 is 69.1 Å². The molecule has 4 atom stereocenters. The summed E-state index contributed by atoms with van der Waals surface area (Å²) in [6.45, 7) is 28.4. The van der Waals surface area contributed by atoms with Gasteiger partial charge in [-0.1, -0.05) is 227 Å². The molecular weight excluding hydrogens is 1540 g/mol. The molecule has 0 fully saturated rings. The first kappa shape index (κ1) is 82.5. The molecular formula is C98H94Cl4N4O6S2. The van der Waals surface area contributed by atoms with Gasteiger partial charge < -0.3 is 18.9 Å². The molecule has 0 spiro atoms. The summed E-state index contributed by atoms with van der Waals surface area (Å²) in [6.07, 6.45) is 20.8. The van der Waals surface area contributed by atoms with Crippen molar-refractivity contribution in [2.24, 2.45) is 23.7 Å². The second-order valence-corrected chi connectivity index (χ2v) is 34.3. The zero-order valence-electron chi connectivity index (χ0n) is 66.0. The number of ketones is 2. The van der Waals surface area contributed by atoms with Gasteiger partial charge in [0.1, 0.15) is 40.7 Å². The maximum absolute atomic E-state index is 15.2. The highest BCUT2D eigenvalue weighted by atomic mass is 35.5. The lowest BCUT2D eigenvalue weighted by molar-refractivity contribution is 0.103. The minimum absolute atomic E-state index is 0.167. The third-order valence-corrected chi connectivity index (χ3v) is 27.5. The smallest absolute Gasteiger partial charge is 0.270 e. The number of fused-ring (bicyclic) bond motifs is 8. The van der Waals surface area contributed by atoms with Crippen LogP contribution in [0.1, 0.15) is 243 Å². The fraction of sp³-hybridized carbons (Fsp3) is 0.347. The van der Waals surface area contributed by atoms with Gasteiger partial charge in [0.2, 0.25) is 0 Å². The molecule has 582 valence electrons. The molecule has 0 radical (unpaired) electrons. The summed E-state index contributed by atoms with van der Waals surface area (Å²) in [5.74, 6) is 3.72. The van der Waals surface area contributed by atoms with Crippen molar-refractivity contribution in [3.8, 4) is 63.5 Å². The molecule has 13 rings (SSSR count). The predicted octanol–water partition coefficient (Wildman–Crippen LogP) is 28.0. The van der Waals surface area contributed by atoms with E-state index in [1.165, 1.54) is 12.1 Å². The zero-order chi connectivity index (χ0) is 80.5. The predicted molar refractivity (Wildman–Crippen MR) is 467 cm³/mol. The van der Waals surface area contributed by atoms with Crippen LogP contribution in [0.3, 0.4) is 0 Å². The number of thiophene rings is 2. The van der Waals surface area contributed by atoms with Crippen molar-refractivity contribution in [2.75, 3.05) is 26.4 Å². The van der Waals surface area contributed by atoms with Gasteiger partial charge in [0.15, 0.2) is 11.6 Å². The van der Waals surface area contributed by atoms with E-state index in [9.17, 15) is 15.8 Å². The molecule has 0 N–H and O–H groups in total. The number of rotatable bonds is 34. The first-order valence-electron chi connectivity index (χ1n) is 40.4. The number of hydrogen-bond acceptors (Lipinski definition) is 11. The van der Waals surface area contributed by atoms with Gasteiger partial charge in [-0.05, 0) is 225 Å². The Labute approximate surface area is 700 Å². The van der Waals surface area contributed by atoms with Gasteiger partial charge >= 0.3 is 0 Å². The van der Waals surface area contributed by atoms with Crippen molar-refractivity contribution in [1.82, 2.24) is 0 Å². The van der Waals surface area contributed by atoms with Gasteiger partial charge in [-0.15, -0.1) is 22.7 Å². The van der Waals surface area contributed by atoms with Gasteiger partial charge in [-0.3, -0.25) is 9.59 Å². The second-order valence-electron chi connectivity index (χ2n) is 30.6. The number of Topliss-reactive ketones (excluding diaryl/α,β-unsaturated/α-hetero) is 2. The maximum Gasteiger partial charge on any atom is 0.270 e. The van der Waals surface area contributed by atoms with E-state index in [0.29, 0.717) is 71.0 Å². The molecule has 2 heterocycles. The summed E-state index contributed by atoms with van der Waals surface area (Å²) in [6, 6.07) is 55.7. The van der Waals surface area contributed by atoms with E-state index in [1.54, 1.807) is 34.8 Å². The molecule has 10 nitrogen and oxygen atoms in total. The van der Waals surface area contributed by atoms with Gasteiger partial charge in [-0.25, -0.2) is 10.1 Å². The van der Waals surface area contributed by atoms with Gasteiger partial charge in [-0.2, -0.15) is 10.5 Å². The number of nitriles is 3. The van der Waals surface area contributed by atoms with Crippen LogP contribution < -0.4 is 18.9 Å². The molecule has 2 aromatic heterocycles. The number of nitrogens with zero attached hydrogens (tertiary/aromatic N) is 4. The van der Waals surface area contributed by atoms with Crippen LogP contribution in [-0.2, 0) is 10.8 Å². The molecule has 0 aliphatic heterocycles. The largest absolute Gasteiger partial charge is 0.493 e. The van der Waals surface area contributed by atoms with Crippen molar-refractivity contribution in [1.29, 1.82) is 15.8 Å². The molecule has 7 aromatic carbocycles. The summed E-state index contributed by atoms with van der Waals surface area (Å²) < 4.78 is 27.0. The lowest BCUT2D eigenvalue weighted by atomic mass is 9.68. The number of carbonyl (C=O) groups excluding carboxylic acids is 2. The summed E-state index contributed by atoms with van der Waals surface area (Å²) in [5.41, 5.74) is 8.60. The van der Waals surface area contributed by atoms with Crippen LogP contribution in [0.15, 0.2) is 168 Å². The van der Waals surface area contributed by atoms with Crippen LogP contribution in [0.2, 0.25) is 20.1 Å². The second kappa shape index (κ2) is 36.6. The molecule has 0 bridgehead atoms. The minimum atomic E-state index is -1.12. The van der Waals surface area contributed by atoms with E-state index in [1.807, 2.05) is 12.2 Å². The first-order valence-corrected chi connectivity index (χ1v) is 43.6. The van der Waals surface area contributed by atoms with Crippen molar-refractivity contribution >= 4 is 104 Å². The number of halogens is 4. The van der Waals surface area contributed by atoms with Crippen LogP contribution in [0, 0.1) is 64.2 Å². The summed E-state index contributed by atoms with van der Waals surface area (Å²) >= 11 is 29.9. The number of unbranched alkanes of at least 4 members (excludes halogenated alkanes) is 4. The third-order valence-electron chi connectivity index (χ3n) is 23.7. The van der Waals surface area contributed by atoms with Crippen molar-refractivity contribution in [3.05, 3.63) is 275 Å². The third kappa shape index (κ3) is 15.8. The SMILES string of the molecule is [C-]#[N+]/C(C#N)=C1/C(=C/c2cc3c(s2)C(c2ccc(OCC(CC)CCCC)cc2)(c2ccc(OCC(CC)CCCC)cc2)c2cc4c(cc2-3)C(c2ccc(OCC(CC)CCCC)cc2)(c2ccc(OCC(CC)CCCC)cc2)c2sc(/C=C3\C(=O)c5cc(Cl)c(Cl)cc5C3=C(C#N)C#N)cc2-4)C(=O)c2cc(Cl)c(Cl)cc21. The Morgan fingerprint density at radius 2 is 0.711 bits per heavy atom. The van der Waals surface area contributed by atoms with Crippen LogP contribution in [0.5, 0.6) is 23.0 Å². The molecule has 0 saturated carbocycles. The number of allylic oxidation sites excluding steroid dienone is 6. The number of hydrogen-bond donors (Lipinski definition) is 0. The standard InChI is InChI=1S/C98H94Cl4N4O6S2/c1-10-18-22-59(14-5)55-109-68-34-26-64(27-35-68)97(65-28-36-69(37-29-65)110-56-60(15-6)23-19-11-2)84-47-75-81-43-73(45-83-92(90(54-105)106-9)77-49-87(100)89(102)51-79(77)94(83)108)114-96(81)98(66-30-38-70(39-31-66)111-57-61(16-7)24-20-12-3,67-32-40-71(41-33-67)112-58-62(17-8)25-21-13-4)85(75)46-74(84)80-42-72(113-95(80)97)44-82-91(63(52-103)53-104)76-48-86(99)88(101)50-78(76)93(82)107/h26-51,59-62H,10-25,55-58H2,1-8H3/b82-44-,83-45-,92-90+. The molecule has 114 heavy (non-hydrogen) atoms. The van der Waals surface area contributed by atoms with E-state index in [2.05, 4.69) is 200 Å². The molecule has 4 aliphatic rings. The highest BCUT2D eigenvalue weighted by molar-refractivity contribution is 7.14. The number of carbonyl (C=O) groups is 2. The van der Waals surface area contributed by atoms with E-state index in [0.717, 1.165) is 191 Å². The normalized spacial score (nSPS) is 17.7. The number of benzene rings is 7. The Hall–Kier alpha value is -9.44. The van der Waals surface area contributed by atoms with Gasteiger partial charge in [0, 0.05) is 52.9 Å². The Balaban J connectivity index is 1.12. The average Bonchev–Trinajstić information content (AvgIpc) is 1.50. The minimum Gasteiger partial charge on any atom is -0.493 e. The fourth-order valence-electron chi connectivity index (χ4n) is 17.0. The molecule has 9 aromatic rings. The molecule has 0 amide bonds. The van der Waals surface area contributed by atoms with Gasteiger partial charge in [0.25, 0.3) is 5.70 Å². The Bertz CT molecular complexity index is 4950. The zero-order valence-corrected chi connectivity index (χ0v) is 70.7. The van der Waals surface area contributed by atoms with Crippen LogP contribution in [0.25, 0.3) is 50.4 Å². The van der Waals surface area contributed by atoms with E-state index < -0.39 is 16.6 Å². The van der Waals surface area contributed by atoms with Crippen LogP contribution in [-0.4, -0.2) is 38.0 Å². The lowest BCUT2D eigenvalue weighted by Crippen LogP contribution is -2.29. The monoisotopic (exact) mass is 1630 g/mol. The van der Waals surface area contributed by atoms with Gasteiger partial charge in [0.05, 0.1) is 70.0 Å².